The van der Waals surface area contributed by atoms with Crippen LogP contribution in [0, 0.1) is 5.92 Å². The van der Waals surface area contributed by atoms with Crippen LogP contribution in [-0.2, 0) is 4.79 Å². The van der Waals surface area contributed by atoms with Gasteiger partial charge in [0.05, 0.1) is 23.8 Å². The van der Waals surface area contributed by atoms with Gasteiger partial charge in [-0.15, -0.1) is 0 Å². The fraction of sp³-hybridized carbons (Fsp3) is 0.286. The number of carbonyl (C=O) groups excluding carboxylic acids is 1. The Labute approximate surface area is 215 Å². The first kappa shape index (κ1) is 25.1. The van der Waals surface area contributed by atoms with Crippen molar-refractivity contribution in [1.29, 1.82) is 0 Å². The van der Waals surface area contributed by atoms with Crippen molar-refractivity contribution in [3.05, 3.63) is 70.1 Å². The molecule has 0 spiro atoms. The summed E-state index contributed by atoms with van der Waals surface area (Å²) in [5.74, 6) is 1.75. The van der Waals surface area contributed by atoms with E-state index in [1.54, 1.807) is 17.0 Å². The fourth-order valence-electron chi connectivity index (χ4n) is 3.86. The number of benzene rings is 3. The van der Waals surface area contributed by atoms with Crippen molar-refractivity contribution in [2.45, 2.75) is 27.7 Å². The predicted molar refractivity (Wildman–Crippen MR) is 147 cm³/mol. The number of halogens is 1. The Morgan fingerprint density at radius 1 is 1.03 bits per heavy atom. The van der Waals surface area contributed by atoms with Gasteiger partial charge in [-0.3, -0.25) is 9.69 Å². The molecule has 182 valence electrons. The summed E-state index contributed by atoms with van der Waals surface area (Å²) in [6.45, 7) is 9.78. The monoisotopic (exact) mass is 508 g/mol. The molecule has 7 heteroatoms. The minimum Gasteiger partial charge on any atom is -0.494 e. The Morgan fingerprint density at radius 3 is 2.43 bits per heavy atom. The molecule has 35 heavy (non-hydrogen) atoms. The van der Waals surface area contributed by atoms with Crippen molar-refractivity contribution in [3.63, 3.8) is 0 Å². The lowest BCUT2D eigenvalue weighted by Gasteiger charge is -2.17. The van der Waals surface area contributed by atoms with E-state index in [1.165, 1.54) is 11.8 Å². The third-order valence-electron chi connectivity index (χ3n) is 5.37. The minimum atomic E-state index is -0.0585. The highest BCUT2D eigenvalue weighted by Gasteiger charge is 2.34. The third kappa shape index (κ3) is 5.82. The molecule has 0 aromatic heterocycles. The number of fused-ring (bicyclic) bond motifs is 1. The molecule has 0 aliphatic carbocycles. The van der Waals surface area contributed by atoms with Crippen LogP contribution in [0.2, 0.25) is 5.02 Å². The van der Waals surface area contributed by atoms with Gasteiger partial charge < -0.3 is 9.47 Å². The molecule has 1 fully saturated rings. The van der Waals surface area contributed by atoms with Crippen LogP contribution in [0.5, 0.6) is 11.5 Å². The highest BCUT2D eigenvalue weighted by atomic mass is 35.5. The van der Waals surface area contributed by atoms with Crippen LogP contribution in [0.25, 0.3) is 16.8 Å². The summed E-state index contributed by atoms with van der Waals surface area (Å²) < 4.78 is 11.7. The van der Waals surface area contributed by atoms with Crippen molar-refractivity contribution in [2.24, 2.45) is 10.9 Å². The first-order chi connectivity index (χ1) is 16.9. The lowest BCUT2D eigenvalue weighted by atomic mass is 10.0. The van der Waals surface area contributed by atoms with E-state index >= 15 is 0 Å². The molecule has 0 bridgehead atoms. The van der Waals surface area contributed by atoms with Gasteiger partial charge in [0.1, 0.15) is 11.5 Å². The number of amidine groups is 1. The maximum absolute atomic E-state index is 13.5. The van der Waals surface area contributed by atoms with Crippen molar-refractivity contribution in [2.75, 3.05) is 19.8 Å². The molecule has 1 aliphatic rings. The molecule has 3 aromatic rings. The molecular weight excluding hydrogens is 480 g/mol. The molecule has 3 aromatic carbocycles. The van der Waals surface area contributed by atoms with Gasteiger partial charge in [0.2, 0.25) is 0 Å². The van der Waals surface area contributed by atoms with E-state index in [4.69, 9.17) is 26.1 Å². The number of hydrogen-bond donors (Lipinski definition) is 0. The largest absolute Gasteiger partial charge is 0.494 e. The Balaban J connectivity index is 1.82. The normalized spacial score (nSPS) is 16.2. The van der Waals surface area contributed by atoms with E-state index in [1.807, 2.05) is 62.4 Å². The molecular formula is C28H29ClN2O3S. The lowest BCUT2D eigenvalue weighted by molar-refractivity contribution is -0.122. The molecule has 0 N–H and O–H groups in total. The molecule has 0 unspecified atom stereocenters. The third-order valence-corrected chi connectivity index (χ3v) is 6.63. The number of carbonyl (C=O) groups is 1. The molecule has 5 nitrogen and oxygen atoms in total. The second kappa shape index (κ2) is 11.2. The zero-order valence-electron chi connectivity index (χ0n) is 20.4. The van der Waals surface area contributed by atoms with Crippen LogP contribution in [0.3, 0.4) is 0 Å². The number of nitrogens with zero attached hydrogens (tertiary/aromatic N) is 2. The quantitative estimate of drug-likeness (QED) is 0.295. The van der Waals surface area contributed by atoms with Gasteiger partial charge in [0, 0.05) is 17.1 Å². The van der Waals surface area contributed by atoms with Crippen molar-refractivity contribution in [1.82, 2.24) is 4.90 Å². The van der Waals surface area contributed by atoms with Gasteiger partial charge in [-0.05, 0) is 90.8 Å². The van der Waals surface area contributed by atoms with E-state index in [-0.39, 0.29) is 5.91 Å². The summed E-state index contributed by atoms with van der Waals surface area (Å²) in [5.41, 5.74) is 1.61. The van der Waals surface area contributed by atoms with E-state index in [2.05, 4.69) is 13.8 Å². The number of ether oxygens (including phenoxy) is 2. The number of rotatable bonds is 8. The van der Waals surface area contributed by atoms with Crippen LogP contribution in [-0.4, -0.2) is 35.7 Å². The Hall–Kier alpha value is -2.96. The molecule has 0 atom stereocenters. The second-order valence-electron chi connectivity index (χ2n) is 8.52. The summed E-state index contributed by atoms with van der Waals surface area (Å²) in [5, 5.41) is 3.33. The number of amides is 1. The van der Waals surface area contributed by atoms with Crippen molar-refractivity contribution >= 4 is 57.0 Å². The lowest BCUT2D eigenvalue weighted by Crippen LogP contribution is -2.32. The average Bonchev–Trinajstić information content (AvgIpc) is 3.11. The van der Waals surface area contributed by atoms with Crippen molar-refractivity contribution < 1.29 is 14.3 Å². The summed E-state index contributed by atoms with van der Waals surface area (Å²) in [6.07, 6.45) is 1.92. The van der Waals surface area contributed by atoms with Gasteiger partial charge >= 0.3 is 0 Å². The zero-order valence-corrected chi connectivity index (χ0v) is 21.9. The minimum absolute atomic E-state index is 0.0585. The van der Waals surface area contributed by atoms with Crippen LogP contribution < -0.4 is 9.47 Å². The maximum atomic E-state index is 13.5. The second-order valence-corrected chi connectivity index (χ2v) is 9.96. The summed E-state index contributed by atoms with van der Waals surface area (Å²) in [7, 11) is 0. The maximum Gasteiger partial charge on any atom is 0.266 e. The van der Waals surface area contributed by atoms with Crippen LogP contribution in [0.15, 0.2) is 64.5 Å². The molecule has 4 rings (SSSR count). The number of thioether (sulfide) groups is 1. The van der Waals surface area contributed by atoms with E-state index in [0.29, 0.717) is 40.8 Å². The SMILES string of the molecule is CCOc1ccc2ccc(OCC)c(/C=C3\SC(=Nc4ccc(Cl)cc4)N(CC(C)C)C3=O)c2c1. The molecule has 1 heterocycles. The van der Waals surface area contributed by atoms with Crippen LogP contribution in [0.4, 0.5) is 5.69 Å². The van der Waals surface area contributed by atoms with E-state index in [0.717, 1.165) is 33.5 Å². The summed E-state index contributed by atoms with van der Waals surface area (Å²) >= 11 is 7.41. The van der Waals surface area contributed by atoms with Gasteiger partial charge in [0.15, 0.2) is 5.17 Å². The Kier molecular flexibility index (Phi) is 8.04. The fourth-order valence-corrected chi connectivity index (χ4v) is 4.98. The zero-order chi connectivity index (χ0) is 24.9. The smallest absolute Gasteiger partial charge is 0.266 e. The van der Waals surface area contributed by atoms with Gasteiger partial charge in [-0.1, -0.05) is 37.6 Å². The molecule has 1 saturated heterocycles. The van der Waals surface area contributed by atoms with Crippen LogP contribution in [0.1, 0.15) is 33.3 Å². The predicted octanol–water partition coefficient (Wildman–Crippen LogP) is 7.55. The molecule has 0 radical (unpaired) electrons. The van der Waals surface area contributed by atoms with Crippen LogP contribution >= 0.6 is 23.4 Å². The highest BCUT2D eigenvalue weighted by Crippen LogP contribution is 2.39. The first-order valence-corrected chi connectivity index (χ1v) is 13.0. The average molecular weight is 509 g/mol. The summed E-state index contributed by atoms with van der Waals surface area (Å²) in [4.78, 5) is 20.7. The number of hydrogen-bond acceptors (Lipinski definition) is 5. The molecule has 1 amide bonds. The standard InChI is InChI=1S/C28H29ClN2O3S/c1-5-33-22-13-7-19-8-14-25(34-6-2)24(23(19)15-22)16-26-27(32)31(17-18(3)4)28(35-26)30-21-11-9-20(29)10-12-21/h7-16,18H,5-6,17H2,1-4H3/b26-16-,30-28?. The first-order valence-electron chi connectivity index (χ1n) is 11.8. The molecule has 0 saturated carbocycles. The van der Waals surface area contributed by atoms with Gasteiger partial charge in [-0.25, -0.2) is 4.99 Å². The van der Waals surface area contributed by atoms with E-state index in [9.17, 15) is 4.79 Å². The number of aliphatic imine (C=N–C) groups is 1. The molecule has 1 aliphatic heterocycles. The van der Waals surface area contributed by atoms with E-state index < -0.39 is 0 Å². The Morgan fingerprint density at radius 2 is 1.74 bits per heavy atom. The Bertz CT molecular complexity index is 1280. The topological polar surface area (TPSA) is 51.1 Å². The van der Waals surface area contributed by atoms with Gasteiger partial charge in [0.25, 0.3) is 5.91 Å². The highest BCUT2D eigenvalue weighted by molar-refractivity contribution is 8.18. The van der Waals surface area contributed by atoms with Crippen molar-refractivity contribution in [3.8, 4) is 11.5 Å². The summed E-state index contributed by atoms with van der Waals surface area (Å²) in [6, 6.07) is 17.3. The van der Waals surface area contributed by atoms with Gasteiger partial charge in [-0.2, -0.15) is 0 Å².